The summed E-state index contributed by atoms with van der Waals surface area (Å²) in [7, 11) is 2.16. The summed E-state index contributed by atoms with van der Waals surface area (Å²) in [6, 6.07) is 10.3. The Morgan fingerprint density at radius 2 is 1.67 bits per heavy atom. The maximum atomic E-state index is 6.37. The van der Waals surface area contributed by atoms with E-state index in [-0.39, 0.29) is 5.04 Å². The van der Waals surface area contributed by atoms with Crippen molar-refractivity contribution in [1.82, 2.24) is 4.90 Å². The molecule has 21 heavy (non-hydrogen) atoms. The Morgan fingerprint density at radius 3 is 2.10 bits per heavy atom. The summed E-state index contributed by atoms with van der Waals surface area (Å²) in [4.78, 5) is 2.03. The zero-order valence-corrected chi connectivity index (χ0v) is 15.5. The number of rotatable bonds is 5. The van der Waals surface area contributed by atoms with Gasteiger partial charge in [-0.1, -0.05) is 57.7 Å². The van der Waals surface area contributed by atoms with Gasteiger partial charge in [-0.2, -0.15) is 0 Å². The average molecular weight is 304 g/mol. The summed E-state index contributed by atoms with van der Waals surface area (Å²) in [5.41, 5.74) is 2.18. The zero-order chi connectivity index (χ0) is 16.3. The van der Waals surface area contributed by atoms with E-state index < -0.39 is 8.32 Å². The third-order valence-corrected chi connectivity index (χ3v) is 8.33. The number of nitrogens with zero attached hydrogens (tertiary/aromatic N) is 1. The minimum absolute atomic E-state index is 0.163. The van der Waals surface area contributed by atoms with E-state index in [1.54, 1.807) is 0 Å². The van der Waals surface area contributed by atoms with Crippen LogP contribution in [0.4, 0.5) is 0 Å². The van der Waals surface area contributed by atoms with Gasteiger partial charge in [0.25, 0.3) is 0 Å². The highest BCUT2D eigenvalue weighted by Crippen LogP contribution is 2.39. The summed E-state index contributed by atoms with van der Waals surface area (Å²) in [6.45, 7) is 15.4. The van der Waals surface area contributed by atoms with Crippen molar-refractivity contribution in [3.8, 4) is 0 Å². The monoisotopic (exact) mass is 303 g/mol. The van der Waals surface area contributed by atoms with Crippen LogP contribution in [0.25, 0.3) is 5.57 Å². The summed E-state index contributed by atoms with van der Waals surface area (Å²) in [5, 5.41) is 0.163. The third kappa shape index (κ3) is 4.78. The first-order chi connectivity index (χ1) is 9.54. The second kappa shape index (κ2) is 6.52. The molecular formula is C18H29NOSi. The predicted octanol–water partition coefficient (Wildman–Crippen LogP) is 5.12. The van der Waals surface area contributed by atoms with Crippen LogP contribution in [-0.4, -0.2) is 27.3 Å². The van der Waals surface area contributed by atoms with E-state index in [0.29, 0.717) is 0 Å². The molecule has 0 saturated heterocycles. The fraction of sp³-hybridized carbons (Fsp3) is 0.444. The zero-order valence-electron chi connectivity index (χ0n) is 14.5. The van der Waals surface area contributed by atoms with Crippen LogP contribution >= 0.6 is 0 Å². The van der Waals surface area contributed by atoms with Crippen molar-refractivity contribution < 1.29 is 4.43 Å². The third-order valence-electron chi connectivity index (χ3n) is 3.96. The van der Waals surface area contributed by atoms with Crippen molar-refractivity contribution in [3.63, 3.8) is 0 Å². The second-order valence-electron chi connectivity index (χ2n) is 7.16. The normalized spacial score (nSPS) is 13.0. The van der Waals surface area contributed by atoms with Crippen LogP contribution in [0, 0.1) is 0 Å². The molecule has 0 unspecified atom stereocenters. The molecule has 116 valence electrons. The van der Waals surface area contributed by atoms with Gasteiger partial charge in [0.15, 0.2) is 0 Å². The minimum atomic E-state index is -1.87. The highest BCUT2D eigenvalue weighted by molar-refractivity contribution is 6.74. The van der Waals surface area contributed by atoms with E-state index >= 15 is 0 Å². The molecule has 0 aliphatic carbocycles. The fourth-order valence-corrected chi connectivity index (χ4v) is 2.73. The molecular weight excluding hydrogens is 274 g/mol. The fourth-order valence-electron chi connectivity index (χ4n) is 1.70. The van der Waals surface area contributed by atoms with Crippen LogP contribution in [0.5, 0.6) is 0 Å². The molecule has 1 aromatic rings. The lowest BCUT2D eigenvalue weighted by atomic mass is 10.1. The molecule has 1 aromatic carbocycles. The first-order valence-corrected chi connectivity index (χ1v) is 10.3. The molecule has 0 aliphatic rings. The van der Waals surface area contributed by atoms with E-state index in [4.69, 9.17) is 4.43 Å². The topological polar surface area (TPSA) is 12.5 Å². The van der Waals surface area contributed by atoms with Gasteiger partial charge in [-0.3, -0.25) is 0 Å². The van der Waals surface area contributed by atoms with E-state index in [2.05, 4.69) is 58.8 Å². The van der Waals surface area contributed by atoms with Gasteiger partial charge in [-0.05, 0) is 23.7 Å². The molecule has 0 fully saturated rings. The first kappa shape index (κ1) is 17.6. The van der Waals surface area contributed by atoms with Crippen LogP contribution < -0.4 is 0 Å². The number of allylic oxidation sites excluding steroid dienone is 1. The van der Waals surface area contributed by atoms with Crippen LogP contribution in [0.3, 0.4) is 0 Å². The lowest BCUT2D eigenvalue weighted by Gasteiger charge is -2.37. The van der Waals surface area contributed by atoms with Crippen LogP contribution in [0.1, 0.15) is 26.3 Å². The van der Waals surface area contributed by atoms with Crippen molar-refractivity contribution in [3.05, 3.63) is 54.4 Å². The smallest absolute Gasteiger partial charge is 0.250 e. The SMILES string of the molecule is C=C(O[Si](C)(C)C(C)(C)C)/C(=C/N(C)C)c1ccccc1. The van der Waals surface area contributed by atoms with Gasteiger partial charge in [-0.25, -0.2) is 0 Å². The van der Waals surface area contributed by atoms with Crippen molar-refractivity contribution in [2.45, 2.75) is 38.9 Å². The molecule has 0 radical (unpaired) electrons. The number of benzene rings is 1. The minimum Gasteiger partial charge on any atom is -0.543 e. The highest BCUT2D eigenvalue weighted by Gasteiger charge is 2.39. The van der Waals surface area contributed by atoms with Crippen molar-refractivity contribution in [2.24, 2.45) is 0 Å². The Bertz CT molecular complexity index is 510. The molecule has 0 aromatic heterocycles. The Kier molecular flexibility index (Phi) is 5.46. The van der Waals surface area contributed by atoms with Gasteiger partial charge in [0, 0.05) is 25.9 Å². The summed E-state index contributed by atoms with van der Waals surface area (Å²) >= 11 is 0. The maximum Gasteiger partial charge on any atom is 0.250 e. The molecule has 0 saturated carbocycles. The summed E-state index contributed by atoms with van der Waals surface area (Å²) in [5.74, 6) is 0.765. The van der Waals surface area contributed by atoms with E-state index in [1.165, 1.54) is 0 Å². The standard InChI is InChI=1S/C18H29NOSi/c1-15(20-21(7,8)18(2,3)4)17(14-19(5)6)16-12-10-9-11-13-16/h9-14H,1H2,2-8H3/b17-14-. The second-order valence-corrected chi connectivity index (χ2v) is 11.9. The maximum absolute atomic E-state index is 6.37. The van der Waals surface area contributed by atoms with E-state index in [0.717, 1.165) is 16.9 Å². The van der Waals surface area contributed by atoms with Gasteiger partial charge >= 0.3 is 0 Å². The van der Waals surface area contributed by atoms with E-state index in [1.807, 2.05) is 37.2 Å². The predicted molar refractivity (Wildman–Crippen MR) is 95.5 cm³/mol. The van der Waals surface area contributed by atoms with Crippen LogP contribution in [-0.2, 0) is 4.43 Å². The van der Waals surface area contributed by atoms with Gasteiger partial charge in [-0.15, -0.1) is 0 Å². The van der Waals surface area contributed by atoms with Gasteiger partial charge in [0.1, 0.15) is 5.76 Å². The lowest BCUT2D eigenvalue weighted by Crippen LogP contribution is -2.40. The summed E-state index contributed by atoms with van der Waals surface area (Å²) in [6.07, 6.45) is 2.07. The quantitative estimate of drug-likeness (QED) is 0.425. The van der Waals surface area contributed by atoms with Gasteiger partial charge in [0.05, 0.1) is 0 Å². The average Bonchev–Trinajstić information content (AvgIpc) is 2.34. The number of hydrogen-bond acceptors (Lipinski definition) is 2. The van der Waals surface area contributed by atoms with E-state index in [9.17, 15) is 0 Å². The first-order valence-electron chi connectivity index (χ1n) is 7.36. The van der Waals surface area contributed by atoms with Gasteiger partial charge in [0.2, 0.25) is 8.32 Å². The van der Waals surface area contributed by atoms with Crippen molar-refractivity contribution in [2.75, 3.05) is 14.1 Å². The molecule has 0 N–H and O–H groups in total. The molecule has 0 aliphatic heterocycles. The van der Waals surface area contributed by atoms with Crippen LogP contribution in [0.15, 0.2) is 48.9 Å². The molecule has 0 bridgehead atoms. The molecule has 3 heteroatoms. The van der Waals surface area contributed by atoms with Gasteiger partial charge < -0.3 is 9.33 Å². The molecule has 1 rings (SSSR count). The van der Waals surface area contributed by atoms with Crippen LogP contribution in [0.2, 0.25) is 18.1 Å². The molecule has 0 heterocycles. The number of hydrogen-bond donors (Lipinski definition) is 0. The molecule has 0 atom stereocenters. The highest BCUT2D eigenvalue weighted by atomic mass is 28.4. The Balaban J connectivity index is 3.10. The lowest BCUT2D eigenvalue weighted by molar-refractivity contribution is 0.404. The largest absolute Gasteiger partial charge is 0.543 e. The Morgan fingerprint density at radius 1 is 1.14 bits per heavy atom. The Labute approximate surface area is 131 Å². The molecule has 2 nitrogen and oxygen atoms in total. The summed E-state index contributed by atoms with van der Waals surface area (Å²) < 4.78 is 6.37. The Hall–Kier alpha value is -1.48. The van der Waals surface area contributed by atoms with Crippen molar-refractivity contribution in [1.29, 1.82) is 0 Å². The molecule has 0 amide bonds. The molecule has 0 spiro atoms. The van der Waals surface area contributed by atoms with Crippen molar-refractivity contribution >= 4 is 13.9 Å².